The molecule has 0 bridgehead atoms. The van der Waals surface area contributed by atoms with Crippen molar-refractivity contribution in [3.8, 4) is 5.75 Å². The predicted octanol–water partition coefficient (Wildman–Crippen LogP) is 3.14. The van der Waals surface area contributed by atoms with Crippen molar-refractivity contribution in [2.75, 3.05) is 29.5 Å². The average Bonchev–Trinajstić information content (AvgIpc) is 2.59. The van der Waals surface area contributed by atoms with E-state index in [0.717, 1.165) is 17.6 Å². The van der Waals surface area contributed by atoms with Crippen LogP contribution in [0.1, 0.15) is 12.5 Å². The van der Waals surface area contributed by atoms with Gasteiger partial charge in [-0.15, -0.1) is 0 Å². The minimum Gasteiger partial charge on any atom is -0.491 e. The van der Waals surface area contributed by atoms with E-state index in [0.29, 0.717) is 23.1 Å². The maximum Gasteiger partial charge on any atom is 0.231 e. The smallest absolute Gasteiger partial charge is 0.231 e. The molecule has 27 heavy (non-hydrogen) atoms. The molecule has 0 amide bonds. The van der Waals surface area contributed by atoms with Crippen LogP contribution in [0.15, 0.2) is 48.5 Å². The highest BCUT2D eigenvalue weighted by Gasteiger charge is 2.12. The largest absolute Gasteiger partial charge is 0.491 e. The molecule has 2 rings (SSSR count). The van der Waals surface area contributed by atoms with Gasteiger partial charge in [-0.1, -0.05) is 24.3 Å². The summed E-state index contributed by atoms with van der Waals surface area (Å²) in [5.41, 5.74) is 2.34. The lowest BCUT2D eigenvalue weighted by Crippen LogP contribution is -2.39. The second kappa shape index (κ2) is 9.05. The van der Waals surface area contributed by atoms with Crippen LogP contribution in [-0.2, 0) is 10.0 Å². The normalized spacial score (nSPS) is 12.1. The molecule has 0 aromatic heterocycles. The monoisotopic (exact) mass is 407 g/mol. The maximum atomic E-state index is 11.7. The third-order valence-corrected chi connectivity index (χ3v) is 5.35. The molecule has 0 radical (unpaired) electrons. The molecule has 0 spiro atoms. The van der Waals surface area contributed by atoms with Gasteiger partial charge in [0, 0.05) is 12.7 Å². The van der Waals surface area contributed by atoms with Crippen molar-refractivity contribution in [1.29, 1.82) is 0 Å². The Morgan fingerprint density at radius 3 is 2.59 bits per heavy atom. The lowest BCUT2D eigenvalue weighted by atomic mass is 10.2. The zero-order chi connectivity index (χ0) is 20.0. The van der Waals surface area contributed by atoms with Crippen molar-refractivity contribution < 1.29 is 13.2 Å². The molecule has 6 nitrogen and oxygen atoms in total. The third-order valence-electron chi connectivity index (χ3n) is 3.93. The summed E-state index contributed by atoms with van der Waals surface area (Å²) < 4.78 is 30.4. The Balaban J connectivity index is 1.91. The maximum absolute atomic E-state index is 11.7. The summed E-state index contributed by atoms with van der Waals surface area (Å²) in [6, 6.07) is 14.9. The summed E-state index contributed by atoms with van der Waals surface area (Å²) >= 11 is 5.34. The van der Waals surface area contributed by atoms with Gasteiger partial charge in [-0.05, 0) is 55.9 Å². The van der Waals surface area contributed by atoms with Crippen LogP contribution in [0.2, 0.25) is 0 Å². The molecule has 0 saturated carbocycles. The Morgan fingerprint density at radius 2 is 1.93 bits per heavy atom. The molecule has 146 valence electrons. The van der Waals surface area contributed by atoms with Crippen molar-refractivity contribution in [1.82, 2.24) is 5.32 Å². The summed E-state index contributed by atoms with van der Waals surface area (Å²) in [6.45, 7) is 4.43. The number of para-hydroxylation sites is 1. The molecule has 0 saturated heterocycles. The fourth-order valence-electron chi connectivity index (χ4n) is 2.34. The van der Waals surface area contributed by atoms with E-state index in [-0.39, 0.29) is 6.04 Å². The van der Waals surface area contributed by atoms with Crippen molar-refractivity contribution in [2.45, 2.75) is 19.9 Å². The third kappa shape index (κ3) is 6.41. The van der Waals surface area contributed by atoms with E-state index in [4.69, 9.17) is 17.0 Å². The Labute approximate surface area is 166 Å². The van der Waals surface area contributed by atoms with E-state index >= 15 is 0 Å². The first kappa shape index (κ1) is 21.0. The average molecular weight is 408 g/mol. The highest BCUT2D eigenvalue weighted by molar-refractivity contribution is 7.92. The van der Waals surface area contributed by atoms with Gasteiger partial charge in [-0.2, -0.15) is 0 Å². The van der Waals surface area contributed by atoms with Crippen molar-refractivity contribution in [2.24, 2.45) is 0 Å². The van der Waals surface area contributed by atoms with Gasteiger partial charge in [0.2, 0.25) is 10.0 Å². The first-order chi connectivity index (χ1) is 12.7. The molecule has 0 unspecified atom stereocenters. The Morgan fingerprint density at radius 1 is 1.22 bits per heavy atom. The Kier molecular flexibility index (Phi) is 7.04. The van der Waals surface area contributed by atoms with E-state index in [1.165, 1.54) is 11.4 Å². The second-order valence-corrected chi connectivity index (χ2v) is 8.78. The van der Waals surface area contributed by atoms with Crippen molar-refractivity contribution in [3.05, 3.63) is 54.1 Å². The summed E-state index contributed by atoms with van der Waals surface area (Å²) in [6.07, 6.45) is 1.16. The van der Waals surface area contributed by atoms with Gasteiger partial charge in [0.15, 0.2) is 5.11 Å². The molecule has 1 atom stereocenters. The minimum absolute atomic E-state index is 0.00789. The summed E-state index contributed by atoms with van der Waals surface area (Å²) in [4.78, 5) is 0. The molecule has 0 aliphatic rings. The van der Waals surface area contributed by atoms with E-state index in [1.807, 2.05) is 44.2 Å². The van der Waals surface area contributed by atoms with Crippen LogP contribution in [0.3, 0.4) is 0 Å². The number of sulfonamides is 1. The van der Waals surface area contributed by atoms with Gasteiger partial charge in [-0.3, -0.25) is 4.31 Å². The number of aryl methyl sites for hydroxylation is 1. The van der Waals surface area contributed by atoms with Crippen LogP contribution in [0.5, 0.6) is 5.75 Å². The fraction of sp³-hybridized carbons (Fsp3) is 0.316. The zero-order valence-corrected chi connectivity index (χ0v) is 17.5. The molecular weight excluding hydrogens is 382 g/mol. The molecule has 2 aromatic carbocycles. The van der Waals surface area contributed by atoms with Crippen LogP contribution >= 0.6 is 12.2 Å². The minimum atomic E-state index is -3.32. The summed E-state index contributed by atoms with van der Waals surface area (Å²) in [5, 5.41) is 6.67. The highest BCUT2D eigenvalue weighted by atomic mass is 32.2. The van der Waals surface area contributed by atoms with Crippen molar-refractivity contribution >= 4 is 38.7 Å². The molecular formula is C19H25N3O3S2. The number of thiocarbonyl (C=S) groups is 1. The number of nitrogens with zero attached hydrogens (tertiary/aromatic N) is 1. The fourth-order valence-corrected chi connectivity index (χ4v) is 3.15. The van der Waals surface area contributed by atoms with Crippen LogP contribution in [-0.4, -0.2) is 39.5 Å². The first-order valence-electron chi connectivity index (χ1n) is 8.46. The number of benzene rings is 2. The van der Waals surface area contributed by atoms with E-state index in [2.05, 4.69) is 10.6 Å². The van der Waals surface area contributed by atoms with Gasteiger partial charge in [0.05, 0.1) is 18.0 Å². The second-order valence-electron chi connectivity index (χ2n) is 6.36. The molecule has 2 aromatic rings. The molecule has 0 fully saturated rings. The summed E-state index contributed by atoms with van der Waals surface area (Å²) in [7, 11) is -1.81. The van der Waals surface area contributed by atoms with Gasteiger partial charge in [0.1, 0.15) is 12.4 Å². The molecule has 8 heteroatoms. The summed E-state index contributed by atoms with van der Waals surface area (Å²) in [5.74, 6) is 0.849. The first-order valence-corrected chi connectivity index (χ1v) is 10.7. The zero-order valence-electron chi connectivity index (χ0n) is 15.9. The van der Waals surface area contributed by atoms with Crippen LogP contribution in [0.25, 0.3) is 0 Å². The number of hydrogen-bond donors (Lipinski definition) is 2. The molecule has 2 N–H and O–H groups in total. The molecule has 0 aliphatic heterocycles. The number of hydrogen-bond acceptors (Lipinski definition) is 4. The predicted molar refractivity (Wildman–Crippen MR) is 115 cm³/mol. The molecule has 0 heterocycles. The SMILES string of the molecule is Cc1ccccc1OC[C@@H](C)NC(=S)Nc1cccc(N(C)S(C)(=O)=O)c1. The van der Waals surface area contributed by atoms with Gasteiger partial charge >= 0.3 is 0 Å². The van der Waals surface area contributed by atoms with Crippen LogP contribution in [0, 0.1) is 6.92 Å². The number of anilines is 2. The Hall–Kier alpha value is -2.32. The quantitative estimate of drug-likeness (QED) is 0.687. The topological polar surface area (TPSA) is 70.7 Å². The number of rotatable bonds is 7. The lowest BCUT2D eigenvalue weighted by molar-refractivity contribution is 0.285. The molecule has 0 aliphatic carbocycles. The van der Waals surface area contributed by atoms with Gasteiger partial charge in [0.25, 0.3) is 0 Å². The van der Waals surface area contributed by atoms with Crippen molar-refractivity contribution in [3.63, 3.8) is 0 Å². The number of nitrogens with one attached hydrogen (secondary N) is 2. The van der Waals surface area contributed by atoms with Gasteiger partial charge in [-0.25, -0.2) is 8.42 Å². The highest BCUT2D eigenvalue weighted by Crippen LogP contribution is 2.20. The van der Waals surface area contributed by atoms with E-state index < -0.39 is 10.0 Å². The van der Waals surface area contributed by atoms with E-state index in [9.17, 15) is 8.42 Å². The van der Waals surface area contributed by atoms with E-state index in [1.54, 1.807) is 18.2 Å². The lowest BCUT2D eigenvalue weighted by Gasteiger charge is -2.20. The van der Waals surface area contributed by atoms with Crippen LogP contribution < -0.4 is 19.7 Å². The Bertz CT molecular complexity index is 901. The number of ether oxygens (including phenoxy) is 1. The van der Waals surface area contributed by atoms with Gasteiger partial charge < -0.3 is 15.4 Å². The van der Waals surface area contributed by atoms with Crippen LogP contribution in [0.4, 0.5) is 11.4 Å². The standard InChI is InChI=1S/C19H25N3O3S2/c1-14-8-5-6-11-18(14)25-13-15(2)20-19(26)21-16-9-7-10-17(12-16)22(3)27(4,23)24/h5-12,15H,13H2,1-4H3,(H2,20,21,26)/t15-/m1/s1.